The second-order valence-corrected chi connectivity index (χ2v) is 5.98. The molecule has 4 heteroatoms. The minimum absolute atomic E-state index is 0.0418. The number of hydrogen-bond acceptors (Lipinski definition) is 3. The highest BCUT2D eigenvalue weighted by Crippen LogP contribution is 2.42. The molecular weight excluding hydrogens is 206 g/mol. The van der Waals surface area contributed by atoms with E-state index in [1.54, 1.807) is 0 Å². The summed E-state index contributed by atoms with van der Waals surface area (Å²) in [4.78, 5) is 22.8. The summed E-state index contributed by atoms with van der Waals surface area (Å²) in [5.41, 5.74) is -0.506. The molecule has 1 aliphatic carbocycles. The van der Waals surface area contributed by atoms with Crippen LogP contribution in [0.25, 0.3) is 0 Å². The van der Waals surface area contributed by atoms with E-state index < -0.39 is 5.60 Å². The quantitative estimate of drug-likeness (QED) is 0.542. The number of amides is 1. The lowest BCUT2D eigenvalue weighted by Gasteiger charge is -2.39. The molecule has 1 heterocycles. The van der Waals surface area contributed by atoms with Crippen molar-refractivity contribution in [1.29, 1.82) is 0 Å². The van der Waals surface area contributed by atoms with Crippen LogP contribution in [-0.2, 0) is 14.3 Å². The summed E-state index contributed by atoms with van der Waals surface area (Å²) >= 11 is 0. The minimum atomic E-state index is -0.421. The Balaban J connectivity index is 1.89. The number of hydrogen-bond donors (Lipinski definition) is 1. The summed E-state index contributed by atoms with van der Waals surface area (Å²) in [6.45, 7) is 5.63. The molecule has 2 rings (SSSR count). The van der Waals surface area contributed by atoms with Crippen LogP contribution < -0.4 is 5.32 Å². The molecule has 0 aromatic heterocycles. The van der Waals surface area contributed by atoms with E-state index in [0.717, 1.165) is 19.3 Å². The Hall–Kier alpha value is -1.06. The maximum absolute atomic E-state index is 11.8. The van der Waals surface area contributed by atoms with Gasteiger partial charge in [0.25, 0.3) is 0 Å². The van der Waals surface area contributed by atoms with Crippen molar-refractivity contribution in [1.82, 2.24) is 5.32 Å². The molecular formula is C12H19NO3. The zero-order valence-electron chi connectivity index (χ0n) is 10.1. The first-order valence-corrected chi connectivity index (χ1v) is 5.84. The van der Waals surface area contributed by atoms with Gasteiger partial charge in [-0.25, -0.2) is 0 Å². The van der Waals surface area contributed by atoms with Crippen LogP contribution in [0.3, 0.4) is 0 Å². The first-order chi connectivity index (χ1) is 7.30. The number of esters is 1. The molecule has 16 heavy (non-hydrogen) atoms. The van der Waals surface area contributed by atoms with Crippen LogP contribution in [0.4, 0.5) is 0 Å². The molecule has 4 nitrogen and oxygen atoms in total. The van der Waals surface area contributed by atoms with E-state index in [4.69, 9.17) is 4.74 Å². The fraction of sp³-hybridized carbons (Fsp3) is 0.833. The van der Waals surface area contributed by atoms with Gasteiger partial charge in [0, 0.05) is 12.0 Å². The smallest absolute Gasteiger partial charge is 0.309 e. The Labute approximate surface area is 95.7 Å². The van der Waals surface area contributed by atoms with Crippen molar-refractivity contribution in [2.24, 2.45) is 5.92 Å². The molecule has 1 N–H and O–H groups in total. The third kappa shape index (κ3) is 2.20. The van der Waals surface area contributed by atoms with Crippen molar-refractivity contribution in [3.05, 3.63) is 0 Å². The predicted octanol–water partition coefficient (Wildman–Crippen LogP) is 1.39. The zero-order chi connectivity index (χ0) is 12.0. The Kier molecular flexibility index (Phi) is 2.48. The summed E-state index contributed by atoms with van der Waals surface area (Å²) in [6, 6.07) is 0. The predicted molar refractivity (Wildman–Crippen MR) is 58.7 cm³/mol. The Morgan fingerprint density at radius 2 is 2.12 bits per heavy atom. The molecule has 0 bridgehead atoms. The fourth-order valence-corrected chi connectivity index (χ4v) is 2.57. The van der Waals surface area contributed by atoms with Gasteiger partial charge in [0.2, 0.25) is 5.91 Å². The molecule has 1 saturated heterocycles. The van der Waals surface area contributed by atoms with Crippen LogP contribution in [0.2, 0.25) is 0 Å². The summed E-state index contributed by atoms with van der Waals surface area (Å²) in [5.74, 6) is -0.0600. The lowest BCUT2D eigenvalue weighted by molar-refractivity contribution is -0.160. The average Bonchev–Trinajstić information content (AvgIpc) is 2.45. The number of β-lactam (4-membered cyclic amide) rings is 1. The van der Waals surface area contributed by atoms with Gasteiger partial charge in [0.05, 0.1) is 5.92 Å². The molecule has 2 fully saturated rings. The SMILES string of the molecule is CC(C)(C)OC(=O)C1CCC2(CC(=O)N2)C1. The van der Waals surface area contributed by atoms with E-state index in [1.165, 1.54) is 0 Å². The van der Waals surface area contributed by atoms with Crippen LogP contribution in [0.1, 0.15) is 46.5 Å². The molecule has 2 atom stereocenters. The van der Waals surface area contributed by atoms with E-state index in [-0.39, 0.29) is 23.3 Å². The van der Waals surface area contributed by atoms with Gasteiger partial charge in [-0.15, -0.1) is 0 Å². The molecule has 0 aromatic rings. The number of rotatable bonds is 1. The van der Waals surface area contributed by atoms with Gasteiger partial charge in [0.15, 0.2) is 0 Å². The molecule has 2 aliphatic rings. The lowest BCUT2D eigenvalue weighted by atomic mass is 9.85. The van der Waals surface area contributed by atoms with E-state index in [9.17, 15) is 9.59 Å². The normalized spacial score (nSPS) is 33.4. The largest absolute Gasteiger partial charge is 0.460 e. The summed E-state index contributed by atoms with van der Waals surface area (Å²) in [5, 5.41) is 2.92. The third-order valence-corrected chi connectivity index (χ3v) is 3.25. The summed E-state index contributed by atoms with van der Waals surface area (Å²) in [6.07, 6.45) is 3.05. The maximum Gasteiger partial charge on any atom is 0.309 e. The average molecular weight is 225 g/mol. The number of carbonyl (C=O) groups excluding carboxylic acids is 2. The second kappa shape index (κ2) is 3.47. The first kappa shape index (κ1) is 11.4. The monoisotopic (exact) mass is 225 g/mol. The van der Waals surface area contributed by atoms with Gasteiger partial charge in [-0.2, -0.15) is 0 Å². The van der Waals surface area contributed by atoms with E-state index in [0.29, 0.717) is 6.42 Å². The maximum atomic E-state index is 11.8. The fourth-order valence-electron chi connectivity index (χ4n) is 2.57. The van der Waals surface area contributed by atoms with Crippen LogP contribution >= 0.6 is 0 Å². The topological polar surface area (TPSA) is 55.4 Å². The van der Waals surface area contributed by atoms with Crippen LogP contribution in [0, 0.1) is 5.92 Å². The van der Waals surface area contributed by atoms with Crippen LogP contribution in [-0.4, -0.2) is 23.0 Å². The molecule has 90 valence electrons. The minimum Gasteiger partial charge on any atom is -0.460 e. The third-order valence-electron chi connectivity index (χ3n) is 3.25. The van der Waals surface area contributed by atoms with Crippen molar-refractivity contribution in [2.45, 2.75) is 57.6 Å². The van der Waals surface area contributed by atoms with Gasteiger partial charge < -0.3 is 10.1 Å². The molecule has 1 amide bonds. The molecule has 1 saturated carbocycles. The van der Waals surface area contributed by atoms with Crippen molar-refractivity contribution < 1.29 is 14.3 Å². The van der Waals surface area contributed by atoms with Gasteiger partial charge >= 0.3 is 5.97 Å². The zero-order valence-corrected chi connectivity index (χ0v) is 10.1. The van der Waals surface area contributed by atoms with Gasteiger partial charge in [-0.3, -0.25) is 9.59 Å². The molecule has 1 spiro atoms. The number of carbonyl (C=O) groups is 2. The molecule has 1 aliphatic heterocycles. The lowest BCUT2D eigenvalue weighted by Crippen LogP contribution is -2.59. The summed E-state index contributed by atoms with van der Waals surface area (Å²) in [7, 11) is 0. The summed E-state index contributed by atoms with van der Waals surface area (Å²) < 4.78 is 5.36. The highest BCUT2D eigenvalue weighted by atomic mass is 16.6. The van der Waals surface area contributed by atoms with Crippen LogP contribution in [0.15, 0.2) is 0 Å². The highest BCUT2D eigenvalue weighted by Gasteiger charge is 2.50. The van der Waals surface area contributed by atoms with Crippen molar-refractivity contribution in [3.8, 4) is 0 Å². The van der Waals surface area contributed by atoms with Gasteiger partial charge in [-0.05, 0) is 40.0 Å². The van der Waals surface area contributed by atoms with E-state index in [2.05, 4.69) is 5.32 Å². The Morgan fingerprint density at radius 1 is 1.50 bits per heavy atom. The van der Waals surface area contributed by atoms with E-state index >= 15 is 0 Å². The van der Waals surface area contributed by atoms with Crippen LogP contribution in [0.5, 0.6) is 0 Å². The van der Waals surface area contributed by atoms with Gasteiger partial charge in [-0.1, -0.05) is 0 Å². The van der Waals surface area contributed by atoms with Crippen molar-refractivity contribution in [2.75, 3.05) is 0 Å². The molecule has 2 unspecified atom stereocenters. The van der Waals surface area contributed by atoms with Gasteiger partial charge in [0.1, 0.15) is 5.60 Å². The first-order valence-electron chi connectivity index (χ1n) is 5.84. The second-order valence-electron chi connectivity index (χ2n) is 5.98. The Morgan fingerprint density at radius 3 is 2.62 bits per heavy atom. The van der Waals surface area contributed by atoms with Crippen molar-refractivity contribution >= 4 is 11.9 Å². The number of ether oxygens (including phenoxy) is 1. The number of nitrogens with one attached hydrogen (secondary N) is 1. The Bertz CT molecular complexity index is 322. The van der Waals surface area contributed by atoms with Crippen molar-refractivity contribution in [3.63, 3.8) is 0 Å². The standard InChI is InChI=1S/C12H19NO3/c1-11(2,3)16-10(15)8-4-5-12(6-8)7-9(14)13-12/h8H,4-7H2,1-3H3,(H,13,14). The molecule has 0 radical (unpaired) electrons. The highest BCUT2D eigenvalue weighted by molar-refractivity contribution is 5.85. The molecule has 0 aromatic carbocycles. The van der Waals surface area contributed by atoms with E-state index in [1.807, 2.05) is 20.8 Å².